The average molecular weight is 144 g/mol. The lowest BCUT2D eigenvalue weighted by Crippen LogP contribution is -2.37. The molecule has 54 valence electrons. The molecule has 0 heterocycles. The van der Waals surface area contributed by atoms with Crippen LogP contribution in [0, 0.1) is 0 Å². The normalized spacial score (nSPS) is 13.4. The highest BCUT2D eigenvalue weighted by molar-refractivity contribution is 6.73. The lowest BCUT2D eigenvalue weighted by atomic mass is 10.2. The van der Waals surface area contributed by atoms with Gasteiger partial charge in [-0.3, -0.25) is 0 Å². The standard InChI is InChI=1S/C7H16OSi/c1-6-7(2,3)9(4,5)8/h6,8H,1H2,2-5H3. The van der Waals surface area contributed by atoms with E-state index in [1.807, 2.05) is 33.0 Å². The zero-order valence-corrected chi connectivity index (χ0v) is 7.73. The van der Waals surface area contributed by atoms with E-state index >= 15 is 0 Å². The topological polar surface area (TPSA) is 20.2 Å². The van der Waals surface area contributed by atoms with Crippen LogP contribution in [0.4, 0.5) is 0 Å². The molecule has 0 atom stereocenters. The van der Waals surface area contributed by atoms with Gasteiger partial charge in [-0.25, -0.2) is 0 Å². The quantitative estimate of drug-likeness (QED) is 0.465. The van der Waals surface area contributed by atoms with Crippen molar-refractivity contribution in [2.75, 3.05) is 0 Å². The highest BCUT2D eigenvalue weighted by Gasteiger charge is 2.34. The predicted molar refractivity (Wildman–Crippen MR) is 43.9 cm³/mol. The molecule has 0 aromatic heterocycles. The summed E-state index contributed by atoms with van der Waals surface area (Å²) in [5.74, 6) is 0. The summed E-state index contributed by atoms with van der Waals surface area (Å²) < 4.78 is 0. The summed E-state index contributed by atoms with van der Waals surface area (Å²) >= 11 is 0. The summed E-state index contributed by atoms with van der Waals surface area (Å²) in [5.41, 5.74) is 0. The van der Waals surface area contributed by atoms with Crippen LogP contribution in [-0.2, 0) is 0 Å². The predicted octanol–water partition coefficient (Wildman–Crippen LogP) is 2.15. The molecule has 0 radical (unpaired) electrons. The van der Waals surface area contributed by atoms with Crippen LogP contribution in [0.15, 0.2) is 12.7 Å². The van der Waals surface area contributed by atoms with E-state index in [2.05, 4.69) is 6.58 Å². The number of hydrogen-bond acceptors (Lipinski definition) is 1. The molecule has 0 aromatic carbocycles. The molecule has 0 rings (SSSR count). The van der Waals surface area contributed by atoms with Crippen molar-refractivity contribution < 1.29 is 4.80 Å². The van der Waals surface area contributed by atoms with Crippen molar-refractivity contribution in [3.63, 3.8) is 0 Å². The second-order valence-electron chi connectivity index (χ2n) is 3.48. The SMILES string of the molecule is C=CC(C)(C)[Si](C)(C)O. The van der Waals surface area contributed by atoms with Crippen molar-refractivity contribution in [2.45, 2.75) is 32.0 Å². The smallest absolute Gasteiger partial charge is 0.191 e. The van der Waals surface area contributed by atoms with Gasteiger partial charge in [-0.05, 0) is 13.1 Å². The minimum atomic E-state index is -2.00. The lowest BCUT2D eigenvalue weighted by molar-refractivity contribution is 0.506. The van der Waals surface area contributed by atoms with E-state index in [1.165, 1.54) is 0 Å². The van der Waals surface area contributed by atoms with Crippen LogP contribution < -0.4 is 0 Å². The van der Waals surface area contributed by atoms with Crippen LogP contribution in [0.25, 0.3) is 0 Å². The van der Waals surface area contributed by atoms with Crippen molar-refractivity contribution in [3.8, 4) is 0 Å². The third kappa shape index (κ3) is 1.95. The molecule has 0 unspecified atom stereocenters. The van der Waals surface area contributed by atoms with E-state index in [1.54, 1.807) is 0 Å². The summed E-state index contributed by atoms with van der Waals surface area (Å²) in [4.78, 5) is 9.61. The zero-order valence-electron chi connectivity index (χ0n) is 6.73. The Balaban J connectivity index is 4.32. The minimum absolute atomic E-state index is 0.0625. The van der Waals surface area contributed by atoms with Crippen LogP contribution in [0.2, 0.25) is 18.1 Å². The third-order valence-electron chi connectivity index (χ3n) is 2.09. The molecule has 0 aliphatic rings. The molecule has 0 bridgehead atoms. The molecule has 0 spiro atoms. The van der Waals surface area contributed by atoms with Gasteiger partial charge in [0.1, 0.15) is 0 Å². The van der Waals surface area contributed by atoms with E-state index in [0.29, 0.717) is 0 Å². The van der Waals surface area contributed by atoms with Gasteiger partial charge in [0.2, 0.25) is 0 Å². The molecule has 1 nitrogen and oxygen atoms in total. The van der Waals surface area contributed by atoms with Crippen molar-refractivity contribution in [1.29, 1.82) is 0 Å². The van der Waals surface area contributed by atoms with Crippen LogP contribution in [-0.4, -0.2) is 13.1 Å². The first kappa shape index (κ1) is 8.92. The van der Waals surface area contributed by atoms with Gasteiger partial charge >= 0.3 is 0 Å². The first-order chi connectivity index (χ1) is 3.81. The fraction of sp³-hybridized carbons (Fsp3) is 0.714. The van der Waals surface area contributed by atoms with Crippen LogP contribution in [0.3, 0.4) is 0 Å². The molecular weight excluding hydrogens is 128 g/mol. The fourth-order valence-corrected chi connectivity index (χ4v) is 0.749. The molecule has 0 aromatic rings. The van der Waals surface area contributed by atoms with E-state index < -0.39 is 8.32 Å². The van der Waals surface area contributed by atoms with E-state index in [-0.39, 0.29) is 5.04 Å². The maximum Gasteiger partial charge on any atom is 0.191 e. The highest BCUT2D eigenvalue weighted by atomic mass is 28.4. The van der Waals surface area contributed by atoms with Crippen molar-refractivity contribution in [2.24, 2.45) is 0 Å². The molecule has 0 amide bonds. The molecule has 0 saturated heterocycles. The first-order valence-corrected chi connectivity index (χ1v) is 6.12. The Morgan fingerprint density at radius 3 is 1.78 bits per heavy atom. The zero-order chi connectivity index (χ0) is 7.71. The van der Waals surface area contributed by atoms with E-state index in [0.717, 1.165) is 0 Å². The van der Waals surface area contributed by atoms with Crippen molar-refractivity contribution in [1.82, 2.24) is 0 Å². The Kier molecular flexibility index (Phi) is 2.25. The van der Waals surface area contributed by atoms with Gasteiger partial charge in [0.15, 0.2) is 8.32 Å². The highest BCUT2D eigenvalue weighted by Crippen LogP contribution is 2.35. The van der Waals surface area contributed by atoms with Crippen LogP contribution in [0.1, 0.15) is 13.8 Å². The fourth-order valence-electron chi connectivity index (χ4n) is 0.250. The Hall–Kier alpha value is -0.0831. The summed E-state index contributed by atoms with van der Waals surface area (Å²) in [5, 5.41) is -0.0625. The second-order valence-corrected chi connectivity index (χ2v) is 7.89. The Morgan fingerprint density at radius 1 is 1.44 bits per heavy atom. The summed E-state index contributed by atoms with van der Waals surface area (Å²) in [7, 11) is -2.00. The summed E-state index contributed by atoms with van der Waals surface area (Å²) in [6, 6.07) is 0. The van der Waals surface area contributed by atoms with Gasteiger partial charge in [0.05, 0.1) is 0 Å². The van der Waals surface area contributed by atoms with Gasteiger partial charge in [-0.2, -0.15) is 0 Å². The van der Waals surface area contributed by atoms with Crippen molar-refractivity contribution in [3.05, 3.63) is 12.7 Å². The number of hydrogen-bond donors (Lipinski definition) is 1. The minimum Gasteiger partial charge on any atom is -0.431 e. The lowest BCUT2D eigenvalue weighted by Gasteiger charge is -2.31. The molecule has 0 aliphatic heterocycles. The molecular formula is C7H16OSi. The van der Waals surface area contributed by atoms with E-state index in [9.17, 15) is 4.80 Å². The molecule has 0 fully saturated rings. The largest absolute Gasteiger partial charge is 0.431 e. The number of rotatable bonds is 2. The molecule has 0 saturated carbocycles. The summed E-state index contributed by atoms with van der Waals surface area (Å²) in [6.45, 7) is 11.6. The van der Waals surface area contributed by atoms with E-state index in [4.69, 9.17) is 0 Å². The Labute approximate surface area is 58.5 Å². The molecule has 9 heavy (non-hydrogen) atoms. The van der Waals surface area contributed by atoms with Gasteiger partial charge < -0.3 is 4.80 Å². The molecule has 0 aliphatic carbocycles. The first-order valence-electron chi connectivity index (χ1n) is 3.17. The monoisotopic (exact) mass is 144 g/mol. The van der Waals surface area contributed by atoms with Crippen LogP contribution in [0.5, 0.6) is 0 Å². The molecule has 1 N–H and O–H groups in total. The average Bonchev–Trinajstić information content (AvgIpc) is 1.64. The Morgan fingerprint density at radius 2 is 1.78 bits per heavy atom. The van der Waals surface area contributed by atoms with Gasteiger partial charge in [0.25, 0.3) is 0 Å². The second kappa shape index (κ2) is 2.27. The van der Waals surface area contributed by atoms with Gasteiger partial charge in [-0.15, -0.1) is 6.58 Å². The summed E-state index contributed by atoms with van der Waals surface area (Å²) in [6.07, 6.45) is 1.83. The van der Waals surface area contributed by atoms with Crippen molar-refractivity contribution >= 4 is 8.32 Å². The Bertz CT molecular complexity index is 111. The van der Waals surface area contributed by atoms with Crippen LogP contribution >= 0.6 is 0 Å². The maximum absolute atomic E-state index is 9.61. The third-order valence-corrected chi connectivity index (χ3v) is 5.44. The number of allylic oxidation sites excluding steroid dienone is 1. The molecule has 2 heteroatoms. The van der Waals surface area contributed by atoms with Gasteiger partial charge in [0, 0.05) is 5.04 Å². The van der Waals surface area contributed by atoms with Gasteiger partial charge in [-0.1, -0.05) is 19.9 Å². The maximum atomic E-state index is 9.61.